The van der Waals surface area contributed by atoms with E-state index >= 15 is 0 Å². The minimum absolute atomic E-state index is 0.0871. The zero-order chi connectivity index (χ0) is 18.5. The van der Waals surface area contributed by atoms with Crippen molar-refractivity contribution in [2.45, 2.75) is 18.4 Å². The van der Waals surface area contributed by atoms with E-state index in [0.717, 1.165) is 15.9 Å². The van der Waals surface area contributed by atoms with Crippen LogP contribution in [-0.2, 0) is 20.7 Å². The SMILES string of the molecule is COC(=O)Cc1csc(NC(=O)CSc2nc(C)nc3ccccc23)n1. The van der Waals surface area contributed by atoms with E-state index in [-0.39, 0.29) is 24.1 Å². The minimum atomic E-state index is -0.366. The zero-order valence-electron chi connectivity index (χ0n) is 14.2. The second-order valence-corrected chi connectivity index (χ2v) is 7.15. The van der Waals surface area contributed by atoms with Gasteiger partial charge in [-0.25, -0.2) is 15.0 Å². The number of benzene rings is 1. The lowest BCUT2D eigenvalue weighted by Gasteiger charge is -2.06. The van der Waals surface area contributed by atoms with E-state index in [1.165, 1.54) is 30.2 Å². The van der Waals surface area contributed by atoms with Gasteiger partial charge in [0.2, 0.25) is 5.91 Å². The highest BCUT2D eigenvalue weighted by atomic mass is 32.2. The van der Waals surface area contributed by atoms with Crippen molar-refractivity contribution in [3.63, 3.8) is 0 Å². The number of para-hydroxylation sites is 1. The van der Waals surface area contributed by atoms with E-state index in [4.69, 9.17) is 0 Å². The first-order valence-corrected chi connectivity index (χ1v) is 9.59. The summed E-state index contributed by atoms with van der Waals surface area (Å²) in [6.07, 6.45) is 0.0871. The second-order valence-electron chi connectivity index (χ2n) is 5.33. The Hall–Kier alpha value is -2.52. The number of carbonyl (C=O) groups excluding carboxylic acids is 2. The maximum absolute atomic E-state index is 12.2. The Balaban J connectivity index is 1.62. The third-order valence-electron chi connectivity index (χ3n) is 3.37. The molecule has 0 saturated carbocycles. The lowest BCUT2D eigenvalue weighted by atomic mass is 10.2. The largest absolute Gasteiger partial charge is 0.469 e. The molecule has 0 radical (unpaired) electrons. The summed E-state index contributed by atoms with van der Waals surface area (Å²) in [6, 6.07) is 7.70. The van der Waals surface area contributed by atoms with Gasteiger partial charge >= 0.3 is 5.97 Å². The van der Waals surface area contributed by atoms with Crippen LogP contribution in [0.2, 0.25) is 0 Å². The molecule has 26 heavy (non-hydrogen) atoms. The number of nitrogens with one attached hydrogen (secondary N) is 1. The van der Waals surface area contributed by atoms with E-state index < -0.39 is 0 Å². The molecule has 0 aliphatic carbocycles. The lowest BCUT2D eigenvalue weighted by molar-refractivity contribution is -0.139. The van der Waals surface area contributed by atoms with Crippen molar-refractivity contribution in [2.24, 2.45) is 0 Å². The number of aromatic nitrogens is 3. The van der Waals surface area contributed by atoms with Crippen molar-refractivity contribution in [1.82, 2.24) is 15.0 Å². The smallest absolute Gasteiger partial charge is 0.311 e. The Morgan fingerprint density at radius 2 is 2.04 bits per heavy atom. The molecule has 1 amide bonds. The van der Waals surface area contributed by atoms with Gasteiger partial charge in [0.1, 0.15) is 10.9 Å². The van der Waals surface area contributed by atoms with Crippen molar-refractivity contribution >= 4 is 51.0 Å². The highest BCUT2D eigenvalue weighted by Gasteiger charge is 2.12. The molecule has 0 fully saturated rings. The summed E-state index contributed by atoms with van der Waals surface area (Å²) in [5.74, 6) is 0.315. The van der Waals surface area contributed by atoms with E-state index in [9.17, 15) is 9.59 Å². The van der Waals surface area contributed by atoms with Crippen LogP contribution >= 0.6 is 23.1 Å². The van der Waals surface area contributed by atoms with Crippen molar-refractivity contribution in [3.8, 4) is 0 Å². The topological polar surface area (TPSA) is 94.1 Å². The molecule has 0 spiro atoms. The third kappa shape index (κ3) is 4.55. The summed E-state index contributed by atoms with van der Waals surface area (Å²) in [5.41, 5.74) is 1.43. The minimum Gasteiger partial charge on any atom is -0.469 e. The van der Waals surface area contributed by atoms with E-state index in [1.54, 1.807) is 5.38 Å². The molecule has 0 bridgehead atoms. The van der Waals surface area contributed by atoms with E-state index in [2.05, 4.69) is 25.0 Å². The average molecular weight is 388 g/mol. The highest BCUT2D eigenvalue weighted by Crippen LogP contribution is 2.25. The van der Waals surface area contributed by atoms with Gasteiger partial charge in [0.25, 0.3) is 0 Å². The average Bonchev–Trinajstić information content (AvgIpc) is 3.06. The van der Waals surface area contributed by atoms with Crippen LogP contribution in [0.4, 0.5) is 5.13 Å². The summed E-state index contributed by atoms with van der Waals surface area (Å²) in [6.45, 7) is 1.83. The molecule has 2 aromatic heterocycles. The number of aryl methyl sites for hydroxylation is 1. The lowest BCUT2D eigenvalue weighted by Crippen LogP contribution is -2.14. The van der Waals surface area contributed by atoms with Gasteiger partial charge in [-0.3, -0.25) is 9.59 Å². The predicted molar refractivity (Wildman–Crippen MR) is 101 cm³/mol. The van der Waals surface area contributed by atoms with Crippen molar-refractivity contribution < 1.29 is 14.3 Å². The van der Waals surface area contributed by atoms with Crippen LogP contribution < -0.4 is 5.32 Å². The third-order valence-corrected chi connectivity index (χ3v) is 5.17. The van der Waals surface area contributed by atoms with Crippen LogP contribution in [-0.4, -0.2) is 39.7 Å². The molecular weight excluding hydrogens is 372 g/mol. The molecule has 0 aliphatic rings. The first-order valence-electron chi connectivity index (χ1n) is 7.72. The first-order chi connectivity index (χ1) is 12.5. The Kier molecular flexibility index (Phi) is 5.79. The van der Waals surface area contributed by atoms with Crippen molar-refractivity contribution in [2.75, 3.05) is 18.2 Å². The molecule has 0 saturated heterocycles. The molecule has 0 unspecified atom stereocenters. The van der Waals surface area contributed by atoms with E-state index in [1.807, 2.05) is 31.2 Å². The molecule has 9 heteroatoms. The predicted octanol–water partition coefficient (Wildman–Crippen LogP) is 2.84. The number of methoxy groups -OCH3 is 1. The number of hydrogen-bond acceptors (Lipinski definition) is 8. The number of thioether (sulfide) groups is 1. The summed E-state index contributed by atoms with van der Waals surface area (Å²) in [5, 5.41) is 6.61. The quantitative estimate of drug-likeness (QED) is 0.394. The molecule has 0 atom stereocenters. The summed E-state index contributed by atoms with van der Waals surface area (Å²) >= 11 is 2.62. The standard InChI is InChI=1S/C17H16N4O3S2/c1-10-18-13-6-4-3-5-12(13)16(19-10)25-9-14(22)21-17-20-11(8-26-17)7-15(23)24-2/h3-6,8H,7,9H2,1-2H3,(H,20,21,22). The van der Waals surface area contributed by atoms with Gasteiger partial charge in [0.15, 0.2) is 5.13 Å². The van der Waals surface area contributed by atoms with Crippen molar-refractivity contribution in [1.29, 1.82) is 0 Å². The number of carbonyl (C=O) groups is 2. The molecule has 7 nitrogen and oxygen atoms in total. The summed E-state index contributed by atoms with van der Waals surface area (Å²) in [7, 11) is 1.33. The number of anilines is 1. The molecular formula is C17H16N4O3S2. The van der Waals surface area contributed by atoms with Gasteiger partial charge in [-0.1, -0.05) is 30.0 Å². The van der Waals surface area contributed by atoms with Crippen LogP contribution in [0, 0.1) is 6.92 Å². The fourth-order valence-electron chi connectivity index (χ4n) is 2.22. The number of hydrogen-bond donors (Lipinski definition) is 1. The number of ether oxygens (including phenoxy) is 1. The number of thiazole rings is 1. The van der Waals surface area contributed by atoms with Gasteiger partial charge in [0, 0.05) is 10.8 Å². The van der Waals surface area contributed by atoms with Gasteiger partial charge in [-0.05, 0) is 13.0 Å². The van der Waals surface area contributed by atoms with Crippen LogP contribution in [0.1, 0.15) is 11.5 Å². The van der Waals surface area contributed by atoms with Crippen LogP contribution in [0.3, 0.4) is 0 Å². The fraction of sp³-hybridized carbons (Fsp3) is 0.235. The number of rotatable bonds is 6. The van der Waals surface area contributed by atoms with E-state index in [0.29, 0.717) is 16.6 Å². The first kappa shape index (κ1) is 18.3. The van der Waals surface area contributed by atoms with Gasteiger partial charge < -0.3 is 10.1 Å². The fourth-order valence-corrected chi connectivity index (χ4v) is 3.81. The Morgan fingerprint density at radius 1 is 1.23 bits per heavy atom. The Morgan fingerprint density at radius 3 is 2.85 bits per heavy atom. The molecule has 2 heterocycles. The zero-order valence-corrected chi connectivity index (χ0v) is 15.8. The van der Waals surface area contributed by atoms with Gasteiger partial charge in [-0.2, -0.15) is 0 Å². The molecule has 1 aromatic carbocycles. The monoisotopic (exact) mass is 388 g/mol. The summed E-state index contributed by atoms with van der Waals surface area (Å²) in [4.78, 5) is 36.5. The molecule has 3 aromatic rings. The maximum atomic E-state index is 12.2. The van der Waals surface area contributed by atoms with Crippen molar-refractivity contribution in [3.05, 3.63) is 41.2 Å². The van der Waals surface area contributed by atoms with Gasteiger partial charge in [-0.15, -0.1) is 11.3 Å². The Bertz CT molecular complexity index is 958. The molecule has 3 rings (SSSR count). The van der Waals surface area contributed by atoms with Gasteiger partial charge in [0.05, 0.1) is 30.5 Å². The normalized spacial score (nSPS) is 10.7. The molecule has 1 N–H and O–H groups in total. The van der Waals surface area contributed by atoms with Crippen LogP contribution in [0.5, 0.6) is 0 Å². The second kappa shape index (κ2) is 8.24. The van der Waals surface area contributed by atoms with Crippen LogP contribution in [0.15, 0.2) is 34.7 Å². The number of amides is 1. The van der Waals surface area contributed by atoms with Crippen LogP contribution in [0.25, 0.3) is 10.9 Å². The molecule has 0 aliphatic heterocycles. The Labute approximate surface area is 158 Å². The summed E-state index contributed by atoms with van der Waals surface area (Å²) < 4.78 is 4.60. The molecule has 134 valence electrons. The maximum Gasteiger partial charge on any atom is 0.311 e. The highest BCUT2D eigenvalue weighted by molar-refractivity contribution is 8.00. The number of nitrogens with zero attached hydrogens (tertiary/aromatic N) is 3. The number of esters is 1. The number of fused-ring (bicyclic) bond motifs is 1.